The lowest BCUT2D eigenvalue weighted by molar-refractivity contribution is -0.145. The first-order chi connectivity index (χ1) is 9.35. The molecule has 4 nitrogen and oxygen atoms in total. The topological polar surface area (TPSA) is 55.4 Å². The second kappa shape index (κ2) is 7.55. The summed E-state index contributed by atoms with van der Waals surface area (Å²) < 4.78 is 4.22. The highest BCUT2D eigenvalue weighted by molar-refractivity contribution is 8.02. The third-order valence-corrected chi connectivity index (χ3v) is 4.01. The van der Waals surface area contributed by atoms with E-state index in [2.05, 4.69) is 5.32 Å². The van der Waals surface area contributed by atoms with E-state index >= 15 is 0 Å². The van der Waals surface area contributed by atoms with Crippen molar-refractivity contribution < 1.29 is 14.3 Å². The van der Waals surface area contributed by atoms with Gasteiger partial charge in [0.1, 0.15) is 4.75 Å². The third-order valence-electron chi connectivity index (χ3n) is 2.46. The van der Waals surface area contributed by atoms with Crippen LogP contribution in [0.3, 0.4) is 0 Å². The second-order valence-corrected chi connectivity index (χ2v) is 6.61. The van der Waals surface area contributed by atoms with Crippen LogP contribution in [0.5, 0.6) is 0 Å². The van der Waals surface area contributed by atoms with E-state index in [1.165, 1.54) is 11.8 Å². The minimum absolute atomic E-state index is 0.172. The standard InChI is InChI=1S/C14H18ClNO3S/c1-4-19-13(18)14(2,3)20-9-12(17)16-11-7-5-10(15)6-8-11/h5-8H,4,9H2,1-3H3,(H,16,17). The summed E-state index contributed by atoms with van der Waals surface area (Å²) in [7, 11) is 0. The van der Waals surface area contributed by atoms with Crippen LogP contribution in [0.1, 0.15) is 20.8 Å². The van der Waals surface area contributed by atoms with Crippen molar-refractivity contribution in [3.8, 4) is 0 Å². The first-order valence-corrected chi connectivity index (χ1v) is 7.58. The molecule has 20 heavy (non-hydrogen) atoms. The Labute approximate surface area is 128 Å². The van der Waals surface area contributed by atoms with E-state index in [1.807, 2.05) is 0 Å². The van der Waals surface area contributed by atoms with Crippen molar-refractivity contribution in [2.24, 2.45) is 0 Å². The number of amides is 1. The maximum absolute atomic E-state index is 11.8. The van der Waals surface area contributed by atoms with E-state index in [4.69, 9.17) is 16.3 Å². The number of carbonyl (C=O) groups excluding carboxylic acids is 2. The van der Waals surface area contributed by atoms with Gasteiger partial charge in [-0.3, -0.25) is 9.59 Å². The Kier molecular flexibility index (Phi) is 6.36. The van der Waals surface area contributed by atoms with Crippen molar-refractivity contribution in [3.05, 3.63) is 29.3 Å². The number of esters is 1. The van der Waals surface area contributed by atoms with Crippen molar-refractivity contribution in [1.82, 2.24) is 0 Å². The van der Waals surface area contributed by atoms with Crippen LogP contribution in [0.4, 0.5) is 5.69 Å². The Morgan fingerprint density at radius 2 is 1.90 bits per heavy atom. The molecule has 1 amide bonds. The molecule has 0 fully saturated rings. The van der Waals surface area contributed by atoms with Crippen LogP contribution in [-0.2, 0) is 14.3 Å². The van der Waals surface area contributed by atoms with Crippen molar-refractivity contribution in [2.75, 3.05) is 17.7 Å². The van der Waals surface area contributed by atoms with E-state index in [1.54, 1.807) is 45.0 Å². The zero-order chi connectivity index (χ0) is 15.2. The van der Waals surface area contributed by atoms with Crippen LogP contribution in [0.25, 0.3) is 0 Å². The summed E-state index contributed by atoms with van der Waals surface area (Å²) in [5.41, 5.74) is 0.675. The Bertz CT molecular complexity index is 474. The Balaban J connectivity index is 2.47. The molecule has 1 rings (SSSR count). The van der Waals surface area contributed by atoms with Crippen molar-refractivity contribution >= 4 is 40.9 Å². The lowest BCUT2D eigenvalue weighted by Gasteiger charge is -2.21. The van der Waals surface area contributed by atoms with Crippen LogP contribution in [0, 0.1) is 0 Å². The van der Waals surface area contributed by atoms with Crippen LogP contribution in [0.2, 0.25) is 5.02 Å². The molecular formula is C14H18ClNO3S. The maximum Gasteiger partial charge on any atom is 0.321 e. The van der Waals surface area contributed by atoms with E-state index in [0.29, 0.717) is 17.3 Å². The highest BCUT2D eigenvalue weighted by atomic mass is 35.5. The van der Waals surface area contributed by atoms with Gasteiger partial charge >= 0.3 is 5.97 Å². The maximum atomic E-state index is 11.8. The lowest BCUT2D eigenvalue weighted by Crippen LogP contribution is -2.32. The summed E-state index contributed by atoms with van der Waals surface area (Å²) in [6.07, 6.45) is 0. The fourth-order valence-corrected chi connectivity index (χ4v) is 2.21. The summed E-state index contributed by atoms with van der Waals surface area (Å²) >= 11 is 7.01. The van der Waals surface area contributed by atoms with E-state index in [9.17, 15) is 9.59 Å². The number of thioether (sulfide) groups is 1. The minimum Gasteiger partial charge on any atom is -0.465 e. The molecule has 0 saturated carbocycles. The van der Waals surface area contributed by atoms with Gasteiger partial charge in [0.15, 0.2) is 0 Å². The molecule has 0 bridgehead atoms. The first-order valence-electron chi connectivity index (χ1n) is 6.21. The average Bonchev–Trinajstić information content (AvgIpc) is 2.39. The third kappa shape index (κ3) is 5.43. The van der Waals surface area contributed by atoms with Gasteiger partial charge in [0.05, 0.1) is 12.4 Å². The van der Waals surface area contributed by atoms with Crippen molar-refractivity contribution in [2.45, 2.75) is 25.5 Å². The average molecular weight is 316 g/mol. The summed E-state index contributed by atoms with van der Waals surface area (Å²) in [4.78, 5) is 23.5. The van der Waals surface area contributed by atoms with E-state index in [-0.39, 0.29) is 17.6 Å². The number of ether oxygens (including phenoxy) is 1. The number of rotatable bonds is 6. The molecule has 0 spiro atoms. The molecule has 0 unspecified atom stereocenters. The van der Waals surface area contributed by atoms with Gasteiger partial charge in [-0.15, -0.1) is 11.8 Å². The molecule has 0 aliphatic heterocycles. The molecule has 110 valence electrons. The van der Waals surface area contributed by atoms with Gasteiger partial charge in [-0.25, -0.2) is 0 Å². The first kappa shape index (κ1) is 16.9. The van der Waals surface area contributed by atoms with Gasteiger partial charge in [0, 0.05) is 10.7 Å². The molecule has 1 aromatic carbocycles. The smallest absolute Gasteiger partial charge is 0.321 e. The fourth-order valence-electron chi connectivity index (χ4n) is 1.34. The number of hydrogen-bond acceptors (Lipinski definition) is 4. The SMILES string of the molecule is CCOC(=O)C(C)(C)SCC(=O)Nc1ccc(Cl)cc1. The summed E-state index contributed by atoms with van der Waals surface area (Å²) in [5.74, 6) is -0.312. The van der Waals surface area contributed by atoms with Crippen molar-refractivity contribution in [1.29, 1.82) is 0 Å². The number of hydrogen-bond donors (Lipinski definition) is 1. The van der Waals surface area contributed by atoms with Crippen LogP contribution in [-0.4, -0.2) is 29.0 Å². The minimum atomic E-state index is -0.743. The predicted octanol–water partition coefficient (Wildman–Crippen LogP) is 3.35. The highest BCUT2D eigenvalue weighted by Gasteiger charge is 2.30. The molecule has 6 heteroatoms. The largest absolute Gasteiger partial charge is 0.465 e. The fraction of sp³-hybridized carbons (Fsp3) is 0.429. The molecule has 0 aliphatic carbocycles. The van der Waals surface area contributed by atoms with Gasteiger partial charge < -0.3 is 10.1 Å². The quantitative estimate of drug-likeness (QED) is 0.818. The van der Waals surface area contributed by atoms with Gasteiger partial charge in [0.2, 0.25) is 5.91 Å². The summed E-state index contributed by atoms with van der Waals surface area (Å²) in [6, 6.07) is 6.85. The lowest BCUT2D eigenvalue weighted by atomic mass is 10.2. The van der Waals surface area contributed by atoms with Crippen LogP contribution < -0.4 is 5.32 Å². The Hall–Kier alpha value is -1.20. The van der Waals surface area contributed by atoms with Gasteiger partial charge in [-0.1, -0.05) is 11.6 Å². The Morgan fingerprint density at radius 3 is 2.45 bits per heavy atom. The number of halogens is 1. The molecule has 0 radical (unpaired) electrons. The van der Waals surface area contributed by atoms with Crippen LogP contribution >= 0.6 is 23.4 Å². The summed E-state index contributed by atoms with van der Waals surface area (Å²) in [6.45, 7) is 5.57. The highest BCUT2D eigenvalue weighted by Crippen LogP contribution is 2.26. The zero-order valence-electron chi connectivity index (χ0n) is 11.7. The molecule has 0 atom stereocenters. The van der Waals surface area contributed by atoms with Gasteiger partial charge in [-0.05, 0) is 45.0 Å². The number of benzene rings is 1. The van der Waals surface area contributed by atoms with Gasteiger partial charge in [-0.2, -0.15) is 0 Å². The summed E-state index contributed by atoms with van der Waals surface area (Å²) in [5, 5.41) is 3.35. The molecule has 0 aromatic heterocycles. The zero-order valence-corrected chi connectivity index (χ0v) is 13.3. The molecule has 1 aromatic rings. The normalized spacial score (nSPS) is 11.0. The Morgan fingerprint density at radius 1 is 1.30 bits per heavy atom. The number of nitrogens with one attached hydrogen (secondary N) is 1. The van der Waals surface area contributed by atoms with Crippen LogP contribution in [0.15, 0.2) is 24.3 Å². The molecule has 0 heterocycles. The molecule has 0 aliphatic rings. The monoisotopic (exact) mass is 315 g/mol. The van der Waals surface area contributed by atoms with Gasteiger partial charge in [0.25, 0.3) is 0 Å². The van der Waals surface area contributed by atoms with Crippen molar-refractivity contribution in [3.63, 3.8) is 0 Å². The molecule has 0 saturated heterocycles. The van der Waals surface area contributed by atoms with E-state index < -0.39 is 4.75 Å². The predicted molar refractivity (Wildman–Crippen MR) is 83.3 cm³/mol. The second-order valence-electron chi connectivity index (χ2n) is 4.57. The number of anilines is 1. The number of carbonyl (C=O) groups is 2. The van der Waals surface area contributed by atoms with E-state index in [0.717, 1.165) is 0 Å². The molecular weight excluding hydrogens is 298 g/mol. The molecule has 1 N–H and O–H groups in total.